The van der Waals surface area contributed by atoms with Gasteiger partial charge in [-0.1, -0.05) is 6.92 Å². The first kappa shape index (κ1) is 16.0. The van der Waals surface area contributed by atoms with Gasteiger partial charge in [-0.3, -0.25) is 14.4 Å². The van der Waals surface area contributed by atoms with E-state index in [-0.39, 0.29) is 43.3 Å². The Morgan fingerprint density at radius 1 is 1.38 bits per heavy atom. The van der Waals surface area contributed by atoms with Crippen LogP contribution in [0.15, 0.2) is 0 Å². The van der Waals surface area contributed by atoms with Crippen LogP contribution in [0.5, 0.6) is 0 Å². The van der Waals surface area contributed by atoms with Gasteiger partial charge in [-0.15, -0.1) is 0 Å². The molecule has 1 saturated heterocycles. The lowest BCUT2D eigenvalue weighted by atomic mass is 9.82. The summed E-state index contributed by atoms with van der Waals surface area (Å²) in [4.78, 5) is 49.3. The number of thiol groups is 1. The van der Waals surface area contributed by atoms with Crippen molar-refractivity contribution in [1.82, 2.24) is 4.90 Å². The first-order valence-corrected chi connectivity index (χ1v) is 7.71. The van der Waals surface area contributed by atoms with Crippen molar-refractivity contribution < 1.29 is 24.3 Å². The van der Waals surface area contributed by atoms with Gasteiger partial charge in [-0.2, -0.15) is 12.6 Å². The van der Waals surface area contributed by atoms with Crippen LogP contribution in [-0.2, 0) is 19.2 Å². The molecule has 0 aromatic rings. The van der Waals surface area contributed by atoms with E-state index in [0.717, 1.165) is 0 Å². The van der Waals surface area contributed by atoms with Crippen molar-refractivity contribution in [1.29, 1.82) is 0 Å². The lowest BCUT2D eigenvalue weighted by Crippen LogP contribution is -2.44. The van der Waals surface area contributed by atoms with E-state index in [1.54, 1.807) is 0 Å². The number of hydrogen-bond acceptors (Lipinski definition) is 5. The Hall–Kier alpha value is -1.37. The van der Waals surface area contributed by atoms with Gasteiger partial charge in [0.15, 0.2) is 0 Å². The average molecular weight is 313 g/mol. The second-order valence-corrected chi connectivity index (χ2v) is 6.11. The van der Waals surface area contributed by atoms with Crippen LogP contribution in [0.3, 0.4) is 0 Å². The molecule has 2 rings (SSSR count). The van der Waals surface area contributed by atoms with Crippen LogP contribution in [0.1, 0.15) is 32.6 Å². The van der Waals surface area contributed by atoms with Crippen LogP contribution < -0.4 is 0 Å². The highest BCUT2D eigenvalue weighted by molar-refractivity contribution is 7.80. The minimum absolute atomic E-state index is 0.0885. The molecule has 1 spiro atoms. The van der Waals surface area contributed by atoms with Crippen LogP contribution in [0.25, 0.3) is 0 Å². The Labute approximate surface area is 128 Å². The molecule has 1 heterocycles. The minimum Gasteiger partial charge on any atom is -0.480 e. The number of carbonyl (C=O) groups is 4. The molecule has 1 amide bonds. The van der Waals surface area contributed by atoms with Crippen molar-refractivity contribution in [3.8, 4) is 0 Å². The van der Waals surface area contributed by atoms with E-state index in [1.807, 2.05) is 6.92 Å². The van der Waals surface area contributed by atoms with Crippen LogP contribution in [-0.4, -0.2) is 51.8 Å². The predicted molar refractivity (Wildman–Crippen MR) is 77.1 cm³/mol. The normalized spacial score (nSPS) is 25.6. The SMILES string of the molecule is CCC(CS)C(=O)N1CC2(CC1C(=O)O)C(=O)CCC2=O. The molecular weight excluding hydrogens is 294 g/mol. The first-order chi connectivity index (χ1) is 9.87. The molecule has 7 heteroatoms. The molecule has 0 aromatic carbocycles. The quantitative estimate of drug-likeness (QED) is 0.584. The lowest BCUT2D eigenvalue weighted by molar-refractivity contribution is -0.149. The van der Waals surface area contributed by atoms with E-state index in [1.165, 1.54) is 4.90 Å². The van der Waals surface area contributed by atoms with Crippen LogP contribution >= 0.6 is 12.6 Å². The summed E-state index contributed by atoms with van der Waals surface area (Å²) in [5.74, 6) is -2.03. The third-order valence-electron chi connectivity index (χ3n) is 4.64. The second kappa shape index (κ2) is 5.79. The van der Waals surface area contributed by atoms with Crippen molar-refractivity contribution in [3.63, 3.8) is 0 Å². The molecule has 2 atom stereocenters. The smallest absolute Gasteiger partial charge is 0.326 e. The van der Waals surface area contributed by atoms with E-state index < -0.39 is 23.3 Å². The fourth-order valence-electron chi connectivity index (χ4n) is 3.24. The Morgan fingerprint density at radius 2 is 1.95 bits per heavy atom. The van der Waals surface area contributed by atoms with Gasteiger partial charge in [0.2, 0.25) is 5.91 Å². The summed E-state index contributed by atoms with van der Waals surface area (Å²) in [6, 6.07) is -1.10. The largest absolute Gasteiger partial charge is 0.480 e. The number of Topliss-reactive ketones (excluding diaryl/α,β-unsaturated/α-hetero) is 2. The highest BCUT2D eigenvalue weighted by atomic mass is 32.1. The number of aliphatic carboxylic acids is 1. The molecule has 2 unspecified atom stereocenters. The Bertz CT molecular complexity index is 484. The summed E-state index contributed by atoms with van der Waals surface area (Å²) in [6.45, 7) is 1.73. The van der Waals surface area contributed by atoms with E-state index in [9.17, 15) is 24.3 Å². The molecule has 116 valence electrons. The fourth-order valence-corrected chi connectivity index (χ4v) is 3.65. The molecule has 1 saturated carbocycles. The maximum Gasteiger partial charge on any atom is 0.326 e. The molecule has 21 heavy (non-hydrogen) atoms. The number of hydrogen-bond donors (Lipinski definition) is 2. The van der Waals surface area contributed by atoms with Crippen LogP contribution in [0.2, 0.25) is 0 Å². The van der Waals surface area contributed by atoms with Gasteiger partial charge < -0.3 is 10.0 Å². The number of carbonyl (C=O) groups excluding carboxylic acids is 3. The van der Waals surface area contributed by atoms with Crippen LogP contribution in [0, 0.1) is 11.3 Å². The number of rotatable bonds is 4. The van der Waals surface area contributed by atoms with E-state index in [4.69, 9.17) is 0 Å². The standard InChI is InChI=1S/C14H19NO5S/c1-2-8(6-21)12(18)15-7-14(5-9(15)13(19)20)10(16)3-4-11(14)17/h8-9,21H,2-7H2,1H3,(H,19,20). The summed E-state index contributed by atoms with van der Waals surface area (Å²) < 4.78 is 0. The maximum atomic E-state index is 12.5. The molecule has 1 N–H and O–H groups in total. The summed E-state index contributed by atoms with van der Waals surface area (Å²) in [7, 11) is 0. The molecule has 2 aliphatic rings. The van der Waals surface area contributed by atoms with E-state index in [0.29, 0.717) is 12.2 Å². The van der Waals surface area contributed by atoms with Crippen LogP contribution in [0.4, 0.5) is 0 Å². The van der Waals surface area contributed by atoms with Gasteiger partial charge in [0.05, 0.1) is 0 Å². The predicted octanol–water partition coefficient (Wildman–Crippen LogP) is 0.546. The summed E-state index contributed by atoms with van der Waals surface area (Å²) in [5, 5.41) is 9.34. The number of nitrogens with zero attached hydrogens (tertiary/aromatic N) is 1. The zero-order valence-corrected chi connectivity index (χ0v) is 12.8. The van der Waals surface area contributed by atoms with Gasteiger partial charge in [0.1, 0.15) is 23.0 Å². The molecule has 0 radical (unpaired) electrons. The molecule has 1 aliphatic heterocycles. The zero-order valence-electron chi connectivity index (χ0n) is 11.9. The third kappa shape index (κ3) is 2.47. The number of ketones is 2. The fraction of sp³-hybridized carbons (Fsp3) is 0.714. The topological polar surface area (TPSA) is 91.8 Å². The second-order valence-electron chi connectivity index (χ2n) is 5.74. The summed E-state index contributed by atoms with van der Waals surface area (Å²) >= 11 is 4.12. The average Bonchev–Trinajstić information content (AvgIpc) is 2.98. The Balaban J connectivity index is 2.32. The lowest BCUT2D eigenvalue weighted by Gasteiger charge is -2.26. The molecule has 0 bridgehead atoms. The van der Waals surface area contributed by atoms with Crippen molar-refractivity contribution in [2.24, 2.45) is 11.3 Å². The van der Waals surface area contributed by atoms with Crippen molar-refractivity contribution in [2.75, 3.05) is 12.3 Å². The molecule has 2 fully saturated rings. The van der Waals surface area contributed by atoms with Gasteiger partial charge in [-0.25, -0.2) is 4.79 Å². The maximum absolute atomic E-state index is 12.5. The Morgan fingerprint density at radius 3 is 2.38 bits per heavy atom. The summed E-state index contributed by atoms with van der Waals surface area (Å²) in [5.41, 5.74) is -1.28. The first-order valence-electron chi connectivity index (χ1n) is 7.08. The van der Waals surface area contributed by atoms with Gasteiger partial charge in [0, 0.05) is 31.1 Å². The molecule has 1 aliphatic carbocycles. The number of likely N-dealkylation sites (tertiary alicyclic amines) is 1. The number of carboxylic acids is 1. The third-order valence-corrected chi connectivity index (χ3v) is 5.08. The Kier molecular flexibility index (Phi) is 4.41. The van der Waals surface area contributed by atoms with Crippen molar-refractivity contribution in [2.45, 2.75) is 38.6 Å². The zero-order chi connectivity index (χ0) is 15.8. The van der Waals surface area contributed by atoms with Crippen molar-refractivity contribution >= 4 is 36.1 Å². The molecule has 6 nitrogen and oxygen atoms in total. The summed E-state index contributed by atoms with van der Waals surface area (Å²) in [6.07, 6.45) is 0.753. The van der Waals surface area contributed by atoms with Gasteiger partial charge >= 0.3 is 5.97 Å². The number of amides is 1. The molecular formula is C14H19NO5S. The van der Waals surface area contributed by atoms with Gasteiger partial charge in [0.25, 0.3) is 0 Å². The van der Waals surface area contributed by atoms with Gasteiger partial charge in [-0.05, 0) is 12.8 Å². The highest BCUT2D eigenvalue weighted by Crippen LogP contribution is 2.43. The molecule has 0 aromatic heterocycles. The van der Waals surface area contributed by atoms with E-state index in [2.05, 4.69) is 12.6 Å². The van der Waals surface area contributed by atoms with E-state index >= 15 is 0 Å². The minimum atomic E-state index is -1.28. The monoisotopic (exact) mass is 313 g/mol. The van der Waals surface area contributed by atoms with Crippen molar-refractivity contribution in [3.05, 3.63) is 0 Å². The highest BCUT2D eigenvalue weighted by Gasteiger charge is 2.59. The number of carboxylic acid groups (broad SMARTS) is 1.